The molecule has 1 aliphatic heterocycles. The van der Waals surface area contributed by atoms with E-state index >= 15 is 0 Å². The lowest BCUT2D eigenvalue weighted by molar-refractivity contribution is -0.130. The van der Waals surface area contributed by atoms with Crippen LogP contribution in [-0.4, -0.2) is 57.9 Å². The molecule has 0 spiro atoms. The van der Waals surface area contributed by atoms with E-state index in [1.54, 1.807) is 18.0 Å². The third-order valence-electron chi connectivity index (χ3n) is 3.46. The SMILES string of the molecule is CC(=O)N1CCN(C=CC(=O)c2ccc(O)c(O)c2)CC1. The predicted octanol–water partition coefficient (Wildman–Crippen LogP) is 0.958. The van der Waals surface area contributed by atoms with Crippen LogP contribution in [0, 0.1) is 0 Å². The van der Waals surface area contributed by atoms with Gasteiger partial charge in [0.15, 0.2) is 17.3 Å². The number of rotatable bonds is 3. The quantitative estimate of drug-likeness (QED) is 0.492. The van der Waals surface area contributed by atoms with E-state index in [1.807, 2.05) is 4.90 Å². The van der Waals surface area contributed by atoms with Crippen LogP contribution in [0.25, 0.3) is 0 Å². The number of phenolic OH excluding ortho intramolecular Hbond substituents is 2. The number of phenols is 2. The highest BCUT2D eigenvalue weighted by Crippen LogP contribution is 2.25. The monoisotopic (exact) mass is 290 g/mol. The zero-order valence-electron chi connectivity index (χ0n) is 11.8. The van der Waals surface area contributed by atoms with Gasteiger partial charge in [-0.25, -0.2) is 0 Å². The molecule has 0 atom stereocenters. The fraction of sp³-hybridized carbons (Fsp3) is 0.333. The Morgan fingerprint density at radius 1 is 1.10 bits per heavy atom. The molecule has 1 aliphatic rings. The second-order valence-corrected chi connectivity index (χ2v) is 4.93. The average molecular weight is 290 g/mol. The number of carbonyl (C=O) groups excluding carboxylic acids is 2. The molecule has 0 unspecified atom stereocenters. The Morgan fingerprint density at radius 2 is 1.76 bits per heavy atom. The Morgan fingerprint density at radius 3 is 2.33 bits per heavy atom. The first-order valence-corrected chi connectivity index (χ1v) is 6.71. The minimum Gasteiger partial charge on any atom is -0.504 e. The summed E-state index contributed by atoms with van der Waals surface area (Å²) in [6.07, 6.45) is 3.12. The molecule has 1 aromatic carbocycles. The highest BCUT2D eigenvalue weighted by Gasteiger charge is 2.16. The van der Waals surface area contributed by atoms with Crippen molar-refractivity contribution in [3.8, 4) is 11.5 Å². The number of hydrogen-bond donors (Lipinski definition) is 2. The first-order valence-electron chi connectivity index (χ1n) is 6.71. The molecule has 1 heterocycles. The molecule has 2 rings (SSSR count). The standard InChI is InChI=1S/C15H18N2O4/c1-11(18)17-8-6-16(7-9-17)5-4-13(19)12-2-3-14(20)15(21)10-12/h2-5,10,20-21H,6-9H2,1H3. The topological polar surface area (TPSA) is 81.1 Å². The van der Waals surface area contributed by atoms with Crippen LogP contribution in [0.5, 0.6) is 11.5 Å². The van der Waals surface area contributed by atoms with Gasteiger partial charge >= 0.3 is 0 Å². The van der Waals surface area contributed by atoms with Crippen molar-refractivity contribution in [3.05, 3.63) is 36.0 Å². The van der Waals surface area contributed by atoms with Gasteiger partial charge in [-0.05, 0) is 18.2 Å². The summed E-state index contributed by atoms with van der Waals surface area (Å²) in [6.45, 7) is 4.21. The van der Waals surface area contributed by atoms with Gasteiger partial charge < -0.3 is 20.0 Å². The molecule has 0 bridgehead atoms. The maximum absolute atomic E-state index is 12.0. The molecule has 112 valence electrons. The first-order chi connectivity index (χ1) is 9.97. The molecular formula is C15H18N2O4. The van der Waals surface area contributed by atoms with Crippen LogP contribution in [0.1, 0.15) is 17.3 Å². The summed E-state index contributed by atoms with van der Waals surface area (Å²) in [5.41, 5.74) is 0.309. The predicted molar refractivity (Wildman–Crippen MR) is 77.1 cm³/mol. The van der Waals surface area contributed by atoms with Crippen molar-refractivity contribution in [1.82, 2.24) is 9.80 Å². The summed E-state index contributed by atoms with van der Waals surface area (Å²) >= 11 is 0. The van der Waals surface area contributed by atoms with E-state index in [2.05, 4.69) is 0 Å². The van der Waals surface area contributed by atoms with Gasteiger partial charge in [0.2, 0.25) is 5.91 Å². The Labute approximate surface area is 122 Å². The molecule has 2 N–H and O–H groups in total. The summed E-state index contributed by atoms with van der Waals surface area (Å²) in [5, 5.41) is 18.6. The number of benzene rings is 1. The molecule has 1 aromatic rings. The van der Waals surface area contributed by atoms with Gasteiger partial charge in [-0.3, -0.25) is 9.59 Å². The van der Waals surface area contributed by atoms with Gasteiger partial charge in [0.25, 0.3) is 0 Å². The summed E-state index contributed by atoms with van der Waals surface area (Å²) < 4.78 is 0. The molecule has 0 aromatic heterocycles. The first kappa shape index (κ1) is 14.9. The van der Waals surface area contributed by atoms with E-state index in [9.17, 15) is 19.8 Å². The Kier molecular flexibility index (Phi) is 4.47. The number of ketones is 1. The second kappa shape index (κ2) is 6.30. The fourth-order valence-electron chi connectivity index (χ4n) is 2.13. The molecule has 1 fully saturated rings. The lowest BCUT2D eigenvalue weighted by atomic mass is 10.1. The van der Waals surface area contributed by atoms with Crippen LogP contribution >= 0.6 is 0 Å². The van der Waals surface area contributed by atoms with Crippen LogP contribution < -0.4 is 0 Å². The highest BCUT2D eigenvalue weighted by molar-refractivity contribution is 6.04. The minimum absolute atomic E-state index is 0.0641. The molecule has 0 saturated carbocycles. The normalized spacial score (nSPS) is 15.5. The van der Waals surface area contributed by atoms with E-state index in [1.165, 1.54) is 24.3 Å². The molecular weight excluding hydrogens is 272 g/mol. The van der Waals surface area contributed by atoms with Gasteiger partial charge in [-0.2, -0.15) is 0 Å². The molecule has 6 heteroatoms. The number of amides is 1. The molecule has 0 radical (unpaired) electrons. The van der Waals surface area contributed by atoms with Crippen molar-refractivity contribution in [2.24, 2.45) is 0 Å². The van der Waals surface area contributed by atoms with Crippen LogP contribution in [0.3, 0.4) is 0 Å². The van der Waals surface area contributed by atoms with Crippen LogP contribution in [0.15, 0.2) is 30.5 Å². The van der Waals surface area contributed by atoms with Crippen LogP contribution in [0.4, 0.5) is 0 Å². The minimum atomic E-state index is -0.315. The molecule has 1 amide bonds. The Balaban J connectivity index is 1.93. The largest absolute Gasteiger partial charge is 0.504 e. The summed E-state index contributed by atoms with van der Waals surface area (Å²) in [4.78, 5) is 26.9. The fourth-order valence-corrected chi connectivity index (χ4v) is 2.13. The summed E-state index contributed by atoms with van der Waals surface area (Å²) in [6, 6.07) is 3.97. The van der Waals surface area contributed by atoms with E-state index in [0.29, 0.717) is 31.7 Å². The van der Waals surface area contributed by atoms with Gasteiger partial charge in [-0.15, -0.1) is 0 Å². The number of allylic oxidation sites excluding steroid dienone is 1. The summed E-state index contributed by atoms with van der Waals surface area (Å²) in [5.74, 6) is -0.756. The van der Waals surface area contributed by atoms with Crippen molar-refractivity contribution < 1.29 is 19.8 Å². The smallest absolute Gasteiger partial charge is 0.219 e. The Bertz CT molecular complexity index is 575. The number of aromatic hydroxyl groups is 2. The van der Waals surface area contributed by atoms with E-state index < -0.39 is 0 Å². The number of nitrogens with zero attached hydrogens (tertiary/aromatic N) is 2. The number of carbonyl (C=O) groups is 2. The van der Waals surface area contributed by atoms with Gasteiger partial charge in [0.05, 0.1) is 0 Å². The zero-order chi connectivity index (χ0) is 15.4. The molecule has 21 heavy (non-hydrogen) atoms. The average Bonchev–Trinajstić information content (AvgIpc) is 2.48. The van der Waals surface area contributed by atoms with Crippen molar-refractivity contribution in [2.75, 3.05) is 26.2 Å². The maximum Gasteiger partial charge on any atom is 0.219 e. The molecule has 6 nitrogen and oxygen atoms in total. The van der Waals surface area contributed by atoms with Crippen molar-refractivity contribution in [3.63, 3.8) is 0 Å². The highest BCUT2D eigenvalue weighted by atomic mass is 16.3. The van der Waals surface area contributed by atoms with Crippen LogP contribution in [-0.2, 0) is 4.79 Å². The van der Waals surface area contributed by atoms with Crippen molar-refractivity contribution >= 4 is 11.7 Å². The third kappa shape index (κ3) is 3.75. The molecule has 1 saturated heterocycles. The van der Waals surface area contributed by atoms with Crippen molar-refractivity contribution in [2.45, 2.75) is 6.92 Å². The van der Waals surface area contributed by atoms with Gasteiger partial charge in [-0.1, -0.05) is 0 Å². The lowest BCUT2D eigenvalue weighted by Gasteiger charge is -2.33. The van der Waals surface area contributed by atoms with Crippen LogP contribution in [0.2, 0.25) is 0 Å². The van der Waals surface area contributed by atoms with E-state index in [0.717, 1.165) is 0 Å². The maximum atomic E-state index is 12.0. The summed E-state index contributed by atoms with van der Waals surface area (Å²) in [7, 11) is 0. The van der Waals surface area contributed by atoms with E-state index in [4.69, 9.17) is 0 Å². The Hall–Kier alpha value is -2.50. The third-order valence-corrected chi connectivity index (χ3v) is 3.46. The van der Waals surface area contributed by atoms with Crippen molar-refractivity contribution in [1.29, 1.82) is 0 Å². The zero-order valence-corrected chi connectivity index (χ0v) is 11.8. The number of hydrogen-bond acceptors (Lipinski definition) is 5. The van der Waals surface area contributed by atoms with Gasteiger partial charge in [0, 0.05) is 50.9 Å². The van der Waals surface area contributed by atoms with E-state index in [-0.39, 0.29) is 23.2 Å². The lowest BCUT2D eigenvalue weighted by Crippen LogP contribution is -2.45. The molecule has 0 aliphatic carbocycles. The number of piperazine rings is 1. The van der Waals surface area contributed by atoms with Gasteiger partial charge in [0.1, 0.15) is 0 Å². The second-order valence-electron chi connectivity index (χ2n) is 4.93.